The van der Waals surface area contributed by atoms with E-state index in [2.05, 4.69) is 5.43 Å². The second-order valence-electron chi connectivity index (χ2n) is 12.2. The number of hydroxylamine groups is 2. The van der Waals surface area contributed by atoms with Crippen molar-refractivity contribution in [3.8, 4) is 11.5 Å². The van der Waals surface area contributed by atoms with Crippen LogP contribution in [0.5, 0.6) is 11.5 Å². The fourth-order valence-electron chi connectivity index (χ4n) is 8.06. The molecule has 7 rings (SSSR count). The number of aryl methyl sites for hydroxylation is 1. The number of nitrogens with one attached hydrogen (secondary N) is 1. The Labute approximate surface area is 274 Å². The molecule has 6 unspecified atom stereocenters. The summed E-state index contributed by atoms with van der Waals surface area (Å²) in [5, 5.41) is 22.6. The van der Waals surface area contributed by atoms with Crippen LogP contribution in [0.15, 0.2) is 72.3 Å². The first kappa shape index (κ1) is 30.3. The number of imide groups is 2. The second-order valence-corrected chi connectivity index (χ2v) is 13.1. The van der Waals surface area contributed by atoms with Crippen LogP contribution >= 0.6 is 23.2 Å². The largest absolute Gasteiger partial charge is 0.508 e. The Morgan fingerprint density at radius 2 is 1.67 bits per heavy atom. The van der Waals surface area contributed by atoms with Gasteiger partial charge in [-0.05, 0) is 78.8 Å². The molecule has 12 heteroatoms. The number of anilines is 1. The van der Waals surface area contributed by atoms with Crippen molar-refractivity contribution in [2.24, 2.45) is 23.7 Å². The first-order chi connectivity index (χ1) is 22.0. The number of phenols is 1. The van der Waals surface area contributed by atoms with E-state index in [1.807, 2.05) is 6.08 Å². The topological polar surface area (TPSA) is 136 Å². The number of phenolic OH excluding ortho intramolecular Hbond substituents is 1. The van der Waals surface area contributed by atoms with Gasteiger partial charge in [0.15, 0.2) is 0 Å². The van der Waals surface area contributed by atoms with Gasteiger partial charge in [0.25, 0.3) is 23.6 Å². The van der Waals surface area contributed by atoms with Crippen LogP contribution in [0.25, 0.3) is 0 Å². The maximum absolute atomic E-state index is 15.1. The van der Waals surface area contributed by atoms with Crippen molar-refractivity contribution in [1.29, 1.82) is 0 Å². The zero-order valence-corrected chi connectivity index (χ0v) is 26.2. The van der Waals surface area contributed by atoms with Gasteiger partial charge < -0.3 is 9.84 Å². The molecule has 0 radical (unpaired) electrons. The predicted molar refractivity (Wildman–Crippen MR) is 167 cm³/mol. The van der Waals surface area contributed by atoms with Crippen LogP contribution in [-0.2, 0) is 24.6 Å². The lowest BCUT2D eigenvalue weighted by Gasteiger charge is -2.50. The number of methoxy groups -OCH3 is 1. The van der Waals surface area contributed by atoms with Crippen molar-refractivity contribution in [2.45, 2.75) is 31.1 Å². The third-order valence-corrected chi connectivity index (χ3v) is 10.7. The third-order valence-electron chi connectivity index (χ3n) is 10.1. The average Bonchev–Trinajstić information content (AvgIpc) is 3.40. The minimum absolute atomic E-state index is 0.0610. The van der Waals surface area contributed by atoms with Gasteiger partial charge in [-0.25, -0.2) is 0 Å². The standard InChI is InChI=1S/C34H29Cl2N3O7/c1-16-13-17(3-12-27(16)40)29-21-9-10-22-28(32(43)39(45)30(22)41)23(21)15-24-31(42)38(37-26-11-6-19(35)14-25(26)36)33(44)34(24,29)18-4-7-20(46-2)8-5-18/h3-9,11-14,22-24,28-29,37,40,45H,10,15H2,1-2H3. The lowest BCUT2D eigenvalue weighted by molar-refractivity contribution is -0.173. The lowest BCUT2D eigenvalue weighted by atomic mass is 9.49. The van der Waals surface area contributed by atoms with Crippen molar-refractivity contribution in [1.82, 2.24) is 10.1 Å². The summed E-state index contributed by atoms with van der Waals surface area (Å²) in [5.74, 6) is -5.94. The Kier molecular flexibility index (Phi) is 7.15. The van der Waals surface area contributed by atoms with Crippen molar-refractivity contribution in [3.05, 3.63) is 99.0 Å². The Bertz CT molecular complexity index is 1860. The van der Waals surface area contributed by atoms with Crippen LogP contribution in [0.2, 0.25) is 10.0 Å². The number of carbonyl (C=O) groups is 4. The molecule has 2 heterocycles. The molecule has 0 spiro atoms. The van der Waals surface area contributed by atoms with E-state index in [1.165, 1.54) is 13.2 Å². The number of hydrogen-bond acceptors (Lipinski definition) is 8. The van der Waals surface area contributed by atoms with Crippen LogP contribution in [0.3, 0.4) is 0 Å². The molecule has 2 aliphatic carbocycles. The number of carbonyl (C=O) groups excluding carboxylic acids is 4. The van der Waals surface area contributed by atoms with Gasteiger partial charge in [0, 0.05) is 10.9 Å². The first-order valence-electron chi connectivity index (χ1n) is 14.8. The zero-order valence-electron chi connectivity index (χ0n) is 24.7. The zero-order chi connectivity index (χ0) is 32.7. The Hall–Kier alpha value is -4.38. The maximum atomic E-state index is 15.1. The van der Waals surface area contributed by atoms with Crippen molar-refractivity contribution in [3.63, 3.8) is 0 Å². The van der Waals surface area contributed by atoms with Gasteiger partial charge in [-0.3, -0.25) is 29.8 Å². The minimum atomic E-state index is -1.52. The van der Waals surface area contributed by atoms with Crippen LogP contribution < -0.4 is 10.2 Å². The highest BCUT2D eigenvalue weighted by molar-refractivity contribution is 6.36. The van der Waals surface area contributed by atoms with E-state index in [1.54, 1.807) is 61.5 Å². The minimum Gasteiger partial charge on any atom is -0.508 e. The van der Waals surface area contributed by atoms with E-state index < -0.39 is 58.6 Å². The van der Waals surface area contributed by atoms with Crippen molar-refractivity contribution in [2.75, 3.05) is 12.5 Å². The Morgan fingerprint density at radius 1 is 0.935 bits per heavy atom. The highest BCUT2D eigenvalue weighted by Gasteiger charge is 2.70. The molecule has 3 fully saturated rings. The smallest absolute Gasteiger partial charge is 0.260 e. The molecular formula is C34H29Cl2N3O7. The van der Waals surface area contributed by atoms with Gasteiger partial charge >= 0.3 is 0 Å². The van der Waals surface area contributed by atoms with Crippen LogP contribution in [-0.4, -0.2) is 51.1 Å². The van der Waals surface area contributed by atoms with E-state index >= 15 is 4.79 Å². The normalized spacial score (nSPS) is 28.5. The van der Waals surface area contributed by atoms with Gasteiger partial charge in [-0.2, -0.15) is 10.1 Å². The maximum Gasteiger partial charge on any atom is 0.260 e. The van der Waals surface area contributed by atoms with E-state index in [4.69, 9.17) is 27.9 Å². The second kappa shape index (κ2) is 10.9. The van der Waals surface area contributed by atoms with Crippen LogP contribution in [0, 0.1) is 30.6 Å². The van der Waals surface area contributed by atoms with E-state index in [0.29, 0.717) is 27.5 Å². The first-order valence-corrected chi connectivity index (χ1v) is 15.5. The number of amides is 4. The highest BCUT2D eigenvalue weighted by Crippen LogP contribution is 2.64. The van der Waals surface area contributed by atoms with E-state index in [9.17, 15) is 24.7 Å². The highest BCUT2D eigenvalue weighted by atomic mass is 35.5. The summed E-state index contributed by atoms with van der Waals surface area (Å²) >= 11 is 12.6. The summed E-state index contributed by atoms with van der Waals surface area (Å²) in [6.07, 6.45) is 2.13. The van der Waals surface area contributed by atoms with Gasteiger partial charge in [-0.15, -0.1) is 0 Å². The number of nitrogens with zero attached hydrogens (tertiary/aromatic N) is 2. The summed E-state index contributed by atoms with van der Waals surface area (Å²) in [6, 6.07) is 16.7. The molecule has 6 atom stereocenters. The van der Waals surface area contributed by atoms with Gasteiger partial charge in [-0.1, -0.05) is 59.1 Å². The monoisotopic (exact) mass is 661 g/mol. The van der Waals surface area contributed by atoms with Crippen LogP contribution in [0.1, 0.15) is 35.4 Å². The molecule has 3 N–H and O–H groups in total. The molecule has 46 heavy (non-hydrogen) atoms. The summed E-state index contributed by atoms with van der Waals surface area (Å²) in [6.45, 7) is 1.74. The SMILES string of the molecule is COc1ccc(C23C(=O)N(Nc4ccc(Cl)cc4Cl)C(=O)C2CC2C(=CCC4C(=O)N(O)C(=O)C42)C3c2ccc(O)c(C)c2)cc1. The number of hydrogen-bond donors (Lipinski definition) is 3. The molecule has 3 aromatic carbocycles. The number of ether oxygens (including phenoxy) is 1. The number of rotatable bonds is 5. The number of benzene rings is 3. The summed E-state index contributed by atoms with van der Waals surface area (Å²) < 4.78 is 5.41. The summed E-state index contributed by atoms with van der Waals surface area (Å²) in [4.78, 5) is 55.9. The fourth-order valence-corrected chi connectivity index (χ4v) is 8.51. The predicted octanol–water partition coefficient (Wildman–Crippen LogP) is 5.39. The number of allylic oxidation sites excluding steroid dienone is 2. The number of fused-ring (bicyclic) bond motifs is 4. The number of hydrazine groups is 1. The summed E-state index contributed by atoms with van der Waals surface area (Å²) in [7, 11) is 1.53. The Morgan fingerprint density at radius 3 is 2.35 bits per heavy atom. The van der Waals surface area contributed by atoms with Crippen molar-refractivity contribution < 1.29 is 34.2 Å². The number of aromatic hydroxyl groups is 1. The molecule has 4 aliphatic rings. The third kappa shape index (κ3) is 4.20. The van der Waals surface area contributed by atoms with E-state index in [0.717, 1.165) is 10.6 Å². The quantitative estimate of drug-likeness (QED) is 0.188. The van der Waals surface area contributed by atoms with Crippen molar-refractivity contribution >= 4 is 52.5 Å². The van der Waals surface area contributed by atoms with Gasteiger partial charge in [0.05, 0.1) is 41.0 Å². The van der Waals surface area contributed by atoms with Gasteiger partial charge in [0.1, 0.15) is 11.5 Å². The van der Waals surface area contributed by atoms with E-state index in [-0.39, 0.29) is 34.4 Å². The molecule has 1 saturated carbocycles. The molecule has 2 aliphatic heterocycles. The Balaban J connectivity index is 1.48. The van der Waals surface area contributed by atoms with Crippen LogP contribution in [0.4, 0.5) is 5.69 Å². The fraction of sp³-hybridized carbons (Fsp3) is 0.294. The molecule has 4 amide bonds. The summed E-state index contributed by atoms with van der Waals surface area (Å²) in [5.41, 5.74) is 4.20. The average molecular weight is 663 g/mol. The molecule has 0 bridgehead atoms. The molecule has 236 valence electrons. The molecular weight excluding hydrogens is 633 g/mol. The number of halogens is 2. The molecule has 10 nitrogen and oxygen atoms in total. The van der Waals surface area contributed by atoms with Gasteiger partial charge in [0.2, 0.25) is 0 Å². The molecule has 3 aromatic rings. The molecule has 2 saturated heterocycles. The lowest BCUT2D eigenvalue weighted by Crippen LogP contribution is -2.53. The molecule has 0 aromatic heterocycles.